The smallest absolute Gasteiger partial charge is 0.314 e. The molecule has 0 bridgehead atoms. The number of urea groups is 1. The number of nitriles is 1. The summed E-state index contributed by atoms with van der Waals surface area (Å²) < 4.78 is 14.4. The van der Waals surface area contributed by atoms with Gasteiger partial charge in [0.05, 0.1) is 17.8 Å². The lowest BCUT2D eigenvalue weighted by Gasteiger charge is -2.06. The van der Waals surface area contributed by atoms with Gasteiger partial charge in [-0.3, -0.25) is 4.79 Å². The van der Waals surface area contributed by atoms with Crippen molar-refractivity contribution in [2.24, 2.45) is 0 Å². The molecule has 10 heteroatoms. The maximum Gasteiger partial charge on any atom is 0.314 e. The summed E-state index contributed by atoms with van der Waals surface area (Å²) in [6, 6.07) is 7.11. The van der Waals surface area contributed by atoms with Crippen LogP contribution in [0, 0.1) is 17.1 Å². The highest BCUT2D eigenvalue weighted by Gasteiger charge is 2.16. The molecular weight excluding hydrogens is 355 g/mol. The van der Waals surface area contributed by atoms with Crippen LogP contribution in [-0.4, -0.2) is 40.0 Å². The lowest BCUT2D eigenvalue weighted by molar-refractivity contribution is -0.136. The van der Waals surface area contributed by atoms with E-state index in [-0.39, 0.29) is 24.3 Å². The molecule has 0 aliphatic carbocycles. The second-order valence-corrected chi connectivity index (χ2v) is 5.64. The van der Waals surface area contributed by atoms with Crippen molar-refractivity contribution in [3.05, 3.63) is 41.3 Å². The number of benzene rings is 1. The van der Waals surface area contributed by atoms with Crippen LogP contribution >= 0.6 is 0 Å². The van der Waals surface area contributed by atoms with Gasteiger partial charge in [0.15, 0.2) is 0 Å². The molecule has 0 aliphatic rings. The molecule has 142 valence electrons. The highest BCUT2D eigenvalue weighted by molar-refractivity contribution is 5.74. The molecule has 27 heavy (non-hydrogen) atoms. The van der Waals surface area contributed by atoms with Gasteiger partial charge in [0.25, 0.3) is 0 Å². The third-order valence-electron chi connectivity index (χ3n) is 3.68. The van der Waals surface area contributed by atoms with Gasteiger partial charge in [-0.25, -0.2) is 13.9 Å². The largest absolute Gasteiger partial charge is 0.481 e. The Morgan fingerprint density at radius 3 is 2.56 bits per heavy atom. The first-order valence-electron chi connectivity index (χ1n) is 8.19. The summed E-state index contributed by atoms with van der Waals surface area (Å²) in [6.07, 6.45) is 0.747. The second-order valence-electron chi connectivity index (χ2n) is 5.64. The fourth-order valence-corrected chi connectivity index (χ4v) is 2.36. The molecule has 1 aromatic carbocycles. The van der Waals surface area contributed by atoms with E-state index in [1.807, 2.05) is 6.07 Å². The number of aryl methyl sites for hydroxylation is 1. The Kier molecular flexibility index (Phi) is 6.71. The summed E-state index contributed by atoms with van der Waals surface area (Å²) in [5.41, 5.74) is 7.23. The first-order chi connectivity index (χ1) is 12.9. The molecule has 2 aromatic rings. The number of halogens is 1. The van der Waals surface area contributed by atoms with Crippen molar-refractivity contribution < 1.29 is 19.1 Å². The molecule has 0 saturated carbocycles. The van der Waals surface area contributed by atoms with E-state index >= 15 is 0 Å². The van der Waals surface area contributed by atoms with Crippen LogP contribution in [0.3, 0.4) is 0 Å². The minimum Gasteiger partial charge on any atom is -0.481 e. The lowest BCUT2D eigenvalue weighted by atomic mass is 10.1. The first kappa shape index (κ1) is 19.7. The Balaban J connectivity index is 1.92. The van der Waals surface area contributed by atoms with Crippen LogP contribution in [0.2, 0.25) is 0 Å². The van der Waals surface area contributed by atoms with Gasteiger partial charge < -0.3 is 21.5 Å². The highest BCUT2D eigenvalue weighted by Crippen LogP contribution is 2.21. The number of rotatable bonds is 8. The van der Waals surface area contributed by atoms with E-state index in [0.29, 0.717) is 30.8 Å². The third kappa shape index (κ3) is 5.43. The van der Waals surface area contributed by atoms with Crippen molar-refractivity contribution >= 4 is 17.8 Å². The second kappa shape index (κ2) is 9.19. The van der Waals surface area contributed by atoms with Crippen molar-refractivity contribution in [1.29, 1.82) is 5.26 Å². The van der Waals surface area contributed by atoms with Crippen molar-refractivity contribution in [3.63, 3.8) is 0 Å². The summed E-state index contributed by atoms with van der Waals surface area (Å²) in [5, 5.41) is 27.1. The molecule has 0 atom stereocenters. The number of carboxylic acid groups (broad SMARTS) is 1. The number of nitrogens with zero attached hydrogens (tertiary/aromatic N) is 3. The fraction of sp³-hybridized carbons (Fsp3) is 0.294. The number of carbonyl (C=O) groups excluding carboxylic acids is 1. The van der Waals surface area contributed by atoms with Crippen LogP contribution in [0.15, 0.2) is 24.3 Å². The Labute approximate surface area is 154 Å². The molecule has 2 amide bonds. The average molecular weight is 374 g/mol. The predicted molar refractivity (Wildman–Crippen MR) is 94.6 cm³/mol. The average Bonchev–Trinajstić information content (AvgIpc) is 2.94. The molecule has 2 rings (SSSR count). The molecule has 0 spiro atoms. The predicted octanol–water partition coefficient (Wildman–Crippen LogP) is 1.17. The van der Waals surface area contributed by atoms with Crippen LogP contribution in [0.1, 0.15) is 24.1 Å². The number of nitrogens with one attached hydrogen (secondary N) is 2. The van der Waals surface area contributed by atoms with Crippen molar-refractivity contribution in [3.8, 4) is 11.8 Å². The number of amides is 2. The molecule has 1 heterocycles. The molecule has 0 fully saturated rings. The normalized spacial score (nSPS) is 10.2. The summed E-state index contributed by atoms with van der Waals surface area (Å²) >= 11 is 0. The van der Waals surface area contributed by atoms with Gasteiger partial charge in [0.1, 0.15) is 23.3 Å². The van der Waals surface area contributed by atoms with Gasteiger partial charge in [0.2, 0.25) is 0 Å². The van der Waals surface area contributed by atoms with Crippen LogP contribution in [0.4, 0.5) is 15.0 Å². The number of hydrogen-bond acceptors (Lipinski definition) is 5. The molecule has 1 aromatic heterocycles. The number of hydrogen-bond donors (Lipinski definition) is 4. The topological polar surface area (TPSA) is 146 Å². The number of anilines is 1. The zero-order chi connectivity index (χ0) is 19.8. The maximum absolute atomic E-state index is 13.1. The standard InChI is InChI=1S/C17H19FN6O3/c18-11-3-5-12(6-4-11)24-16(20)13(10-19)14(23-24)2-1-8-21-17(27)22-9-7-15(25)26/h3-6H,1-2,7-9,20H2,(H,25,26)(H2,21,22,27). The van der Waals surface area contributed by atoms with Crippen LogP contribution < -0.4 is 16.4 Å². The number of carboxylic acids is 1. The monoisotopic (exact) mass is 374 g/mol. The molecule has 9 nitrogen and oxygen atoms in total. The first-order valence-corrected chi connectivity index (χ1v) is 8.19. The van der Waals surface area contributed by atoms with E-state index in [4.69, 9.17) is 10.8 Å². The fourth-order valence-electron chi connectivity index (χ4n) is 2.36. The van der Waals surface area contributed by atoms with Crippen LogP contribution in [0.25, 0.3) is 5.69 Å². The summed E-state index contributed by atoms with van der Waals surface area (Å²) in [7, 11) is 0. The van der Waals surface area contributed by atoms with Crippen LogP contribution in [-0.2, 0) is 11.2 Å². The summed E-state index contributed by atoms with van der Waals surface area (Å²) in [6.45, 7) is 0.353. The van der Waals surface area contributed by atoms with Crippen molar-refractivity contribution in [1.82, 2.24) is 20.4 Å². The van der Waals surface area contributed by atoms with E-state index < -0.39 is 17.8 Å². The van der Waals surface area contributed by atoms with Gasteiger partial charge in [-0.1, -0.05) is 0 Å². The van der Waals surface area contributed by atoms with Crippen molar-refractivity contribution in [2.75, 3.05) is 18.8 Å². The number of carbonyl (C=O) groups is 2. The summed E-state index contributed by atoms with van der Waals surface area (Å²) in [4.78, 5) is 21.9. The van der Waals surface area contributed by atoms with Gasteiger partial charge in [-0.15, -0.1) is 0 Å². The molecule has 0 aliphatic heterocycles. The van der Waals surface area contributed by atoms with E-state index in [2.05, 4.69) is 15.7 Å². The molecule has 0 saturated heterocycles. The minimum absolute atomic E-state index is 0.0400. The molecular formula is C17H19FN6O3. The zero-order valence-corrected chi connectivity index (χ0v) is 14.4. The Hall–Kier alpha value is -3.61. The SMILES string of the molecule is N#Cc1c(CCCNC(=O)NCCC(=O)O)nn(-c2ccc(F)cc2)c1N. The van der Waals surface area contributed by atoms with E-state index in [1.54, 1.807) is 0 Å². The van der Waals surface area contributed by atoms with Gasteiger partial charge in [-0.05, 0) is 37.1 Å². The van der Waals surface area contributed by atoms with E-state index in [1.165, 1.54) is 28.9 Å². The zero-order valence-electron chi connectivity index (χ0n) is 14.4. The summed E-state index contributed by atoms with van der Waals surface area (Å²) in [5.74, 6) is -1.22. The Bertz CT molecular complexity index is 857. The Morgan fingerprint density at radius 2 is 1.93 bits per heavy atom. The number of nitrogen functional groups attached to an aromatic ring is 1. The third-order valence-corrected chi connectivity index (χ3v) is 3.68. The highest BCUT2D eigenvalue weighted by atomic mass is 19.1. The lowest BCUT2D eigenvalue weighted by Crippen LogP contribution is -2.37. The van der Waals surface area contributed by atoms with Gasteiger partial charge >= 0.3 is 12.0 Å². The van der Waals surface area contributed by atoms with Gasteiger partial charge in [-0.2, -0.15) is 10.4 Å². The molecule has 0 radical (unpaired) electrons. The number of nitrogens with two attached hydrogens (primary N) is 1. The van der Waals surface area contributed by atoms with E-state index in [9.17, 15) is 19.2 Å². The quantitative estimate of drug-likeness (QED) is 0.510. The number of aliphatic carboxylic acids is 1. The molecule has 0 unspecified atom stereocenters. The minimum atomic E-state index is -0.992. The van der Waals surface area contributed by atoms with E-state index in [0.717, 1.165) is 0 Å². The molecule has 5 N–H and O–H groups in total. The van der Waals surface area contributed by atoms with Crippen molar-refractivity contribution in [2.45, 2.75) is 19.3 Å². The van der Waals surface area contributed by atoms with Crippen LogP contribution in [0.5, 0.6) is 0 Å². The van der Waals surface area contributed by atoms with Gasteiger partial charge in [0, 0.05) is 13.1 Å². The maximum atomic E-state index is 13.1. The number of aromatic nitrogens is 2. The Morgan fingerprint density at radius 1 is 1.26 bits per heavy atom.